The molecule has 1 saturated heterocycles. The van der Waals surface area contributed by atoms with Crippen molar-refractivity contribution in [1.29, 1.82) is 0 Å². The molecule has 1 aromatic carbocycles. The van der Waals surface area contributed by atoms with Crippen molar-refractivity contribution in [3.05, 3.63) is 74.2 Å². The summed E-state index contributed by atoms with van der Waals surface area (Å²) in [7, 11) is 0. The van der Waals surface area contributed by atoms with Gasteiger partial charge in [0, 0.05) is 27.6 Å². The van der Waals surface area contributed by atoms with Gasteiger partial charge < -0.3 is 10.2 Å². The van der Waals surface area contributed by atoms with Gasteiger partial charge in [-0.2, -0.15) is 0 Å². The number of halogens is 1. The van der Waals surface area contributed by atoms with Crippen molar-refractivity contribution < 1.29 is 4.79 Å². The lowest BCUT2D eigenvalue weighted by atomic mass is 9.74. The zero-order valence-electron chi connectivity index (χ0n) is 17.0. The van der Waals surface area contributed by atoms with E-state index in [1.54, 1.807) is 0 Å². The van der Waals surface area contributed by atoms with Gasteiger partial charge in [-0.1, -0.05) is 24.8 Å². The van der Waals surface area contributed by atoms with E-state index < -0.39 is 0 Å². The topological polar surface area (TPSA) is 32.3 Å². The van der Waals surface area contributed by atoms with Crippen molar-refractivity contribution in [3.63, 3.8) is 0 Å². The first-order valence-corrected chi connectivity index (χ1v) is 11.7. The van der Waals surface area contributed by atoms with Crippen LogP contribution in [0.3, 0.4) is 0 Å². The summed E-state index contributed by atoms with van der Waals surface area (Å²) in [5.41, 5.74) is 7.62. The Morgan fingerprint density at radius 2 is 1.86 bits per heavy atom. The summed E-state index contributed by atoms with van der Waals surface area (Å²) in [4.78, 5) is 15.2. The van der Waals surface area contributed by atoms with Crippen LogP contribution in [-0.4, -0.2) is 23.9 Å². The van der Waals surface area contributed by atoms with Gasteiger partial charge in [-0.05, 0) is 108 Å². The number of hydrogen-bond donors (Lipinski definition) is 1. The summed E-state index contributed by atoms with van der Waals surface area (Å²) in [5, 5.41) is 3.21. The van der Waals surface area contributed by atoms with Crippen LogP contribution in [0, 0.1) is 3.57 Å². The monoisotopic (exact) mass is 498 g/mol. The minimum atomic E-state index is 0.0846. The molecular formula is C25H27IN2O. The molecule has 1 spiro atoms. The molecule has 2 aliphatic heterocycles. The van der Waals surface area contributed by atoms with Crippen molar-refractivity contribution in [3.8, 4) is 0 Å². The number of hydrogen-bond acceptors (Lipinski definition) is 2. The molecule has 2 aliphatic carbocycles. The standard InChI is InChI=1S/C25H27IN2O/c1-16-14-22(27-24(29)20-7-4-3-6-18(16)20)28-12-10-25(11-13-28)15-17(2)19-8-5-9-21(26)23(19)25/h5,8-9,14-15H,1,3-4,6-7,10-13H2,2H3,(H,27,29). The van der Waals surface area contributed by atoms with Gasteiger partial charge in [0.05, 0.1) is 0 Å². The van der Waals surface area contributed by atoms with E-state index >= 15 is 0 Å². The lowest BCUT2D eigenvalue weighted by Crippen LogP contribution is -2.44. The van der Waals surface area contributed by atoms with Crippen LogP contribution >= 0.6 is 22.6 Å². The SMILES string of the molecule is C=C1C=C(N2CCC3(C=C(C)c4cccc(I)c43)CC2)NC(=O)C2=C1CCCC2. The average molecular weight is 498 g/mol. The maximum atomic E-state index is 12.9. The molecule has 0 atom stereocenters. The Bertz CT molecular complexity index is 1010. The van der Waals surface area contributed by atoms with E-state index in [1.165, 1.54) is 25.8 Å². The predicted octanol–water partition coefficient (Wildman–Crippen LogP) is 5.44. The maximum Gasteiger partial charge on any atom is 0.252 e. The number of carbonyl (C=O) groups excluding carboxylic acids is 1. The van der Waals surface area contributed by atoms with Gasteiger partial charge in [0.1, 0.15) is 5.82 Å². The fourth-order valence-electron chi connectivity index (χ4n) is 5.62. The molecule has 1 N–H and O–H groups in total. The lowest BCUT2D eigenvalue weighted by Gasteiger charge is -2.41. The highest BCUT2D eigenvalue weighted by molar-refractivity contribution is 14.1. The molecule has 0 unspecified atom stereocenters. The van der Waals surface area contributed by atoms with E-state index in [2.05, 4.69) is 76.7 Å². The second-order valence-corrected chi connectivity index (χ2v) is 9.97. The van der Waals surface area contributed by atoms with Crippen LogP contribution in [0.15, 0.2) is 59.5 Å². The average Bonchev–Trinajstić information content (AvgIpc) is 2.92. The molecule has 0 radical (unpaired) electrons. The smallest absolute Gasteiger partial charge is 0.252 e. The lowest BCUT2D eigenvalue weighted by molar-refractivity contribution is -0.117. The van der Waals surface area contributed by atoms with Gasteiger partial charge in [0.25, 0.3) is 5.91 Å². The van der Waals surface area contributed by atoms with Crippen molar-refractivity contribution in [2.24, 2.45) is 0 Å². The highest BCUT2D eigenvalue weighted by Crippen LogP contribution is 2.49. The van der Waals surface area contributed by atoms with Gasteiger partial charge in [-0.15, -0.1) is 0 Å². The predicted molar refractivity (Wildman–Crippen MR) is 126 cm³/mol. The van der Waals surface area contributed by atoms with Gasteiger partial charge in [-0.25, -0.2) is 0 Å². The molecule has 1 fully saturated rings. The van der Waals surface area contributed by atoms with Crippen LogP contribution in [0.4, 0.5) is 0 Å². The molecule has 0 aromatic heterocycles. The van der Waals surface area contributed by atoms with Gasteiger partial charge >= 0.3 is 0 Å². The van der Waals surface area contributed by atoms with Crippen LogP contribution in [0.25, 0.3) is 5.57 Å². The molecule has 3 nitrogen and oxygen atoms in total. The first-order valence-electron chi connectivity index (χ1n) is 10.7. The molecule has 2 heterocycles. The number of likely N-dealkylation sites (tertiary alicyclic amines) is 1. The Morgan fingerprint density at radius 1 is 1.14 bits per heavy atom. The van der Waals surface area contributed by atoms with E-state index in [9.17, 15) is 4.79 Å². The fraction of sp³-hybridized carbons (Fsp3) is 0.400. The second-order valence-electron chi connectivity index (χ2n) is 8.81. The van der Waals surface area contributed by atoms with Crippen LogP contribution < -0.4 is 5.32 Å². The molecule has 29 heavy (non-hydrogen) atoms. The highest BCUT2D eigenvalue weighted by atomic mass is 127. The molecule has 150 valence electrons. The summed E-state index contributed by atoms with van der Waals surface area (Å²) in [6.07, 6.45) is 10.9. The van der Waals surface area contributed by atoms with Gasteiger partial charge in [0.2, 0.25) is 0 Å². The Kier molecular flexibility index (Phi) is 4.72. The number of benzene rings is 1. The van der Waals surface area contributed by atoms with E-state index in [-0.39, 0.29) is 11.3 Å². The summed E-state index contributed by atoms with van der Waals surface area (Å²) in [5.74, 6) is 1.02. The number of amides is 1. The number of carbonyl (C=O) groups is 1. The largest absolute Gasteiger partial charge is 0.358 e. The van der Waals surface area contributed by atoms with Crippen molar-refractivity contribution in [2.75, 3.05) is 13.1 Å². The molecule has 0 bridgehead atoms. The van der Waals surface area contributed by atoms with Crippen molar-refractivity contribution in [2.45, 2.75) is 50.9 Å². The zero-order chi connectivity index (χ0) is 20.2. The fourth-order valence-corrected chi connectivity index (χ4v) is 6.66. The first-order chi connectivity index (χ1) is 14.0. The van der Waals surface area contributed by atoms with E-state index in [0.29, 0.717) is 0 Å². The van der Waals surface area contributed by atoms with E-state index in [0.717, 1.165) is 68.6 Å². The third-order valence-electron chi connectivity index (χ3n) is 7.11. The normalized spacial score (nSPS) is 23.3. The number of piperidine rings is 1. The number of fused-ring (bicyclic) bond motifs is 2. The van der Waals surface area contributed by atoms with Crippen molar-refractivity contribution in [1.82, 2.24) is 10.2 Å². The quantitative estimate of drug-likeness (QED) is 0.524. The summed E-state index contributed by atoms with van der Waals surface area (Å²) >= 11 is 2.49. The molecule has 4 heteroatoms. The van der Waals surface area contributed by atoms with Gasteiger partial charge in [-0.3, -0.25) is 4.79 Å². The summed E-state index contributed by atoms with van der Waals surface area (Å²) in [6, 6.07) is 6.66. The molecular weight excluding hydrogens is 471 g/mol. The van der Waals surface area contributed by atoms with Gasteiger partial charge in [0.15, 0.2) is 0 Å². The Morgan fingerprint density at radius 3 is 2.62 bits per heavy atom. The molecule has 1 amide bonds. The number of rotatable bonds is 1. The van der Waals surface area contributed by atoms with Crippen LogP contribution in [0.5, 0.6) is 0 Å². The Balaban J connectivity index is 1.39. The Labute approximate surface area is 186 Å². The molecule has 1 aromatic rings. The molecule has 4 aliphatic rings. The van der Waals surface area contributed by atoms with E-state index in [1.807, 2.05) is 0 Å². The van der Waals surface area contributed by atoms with Crippen LogP contribution in [-0.2, 0) is 10.2 Å². The zero-order valence-corrected chi connectivity index (χ0v) is 19.1. The highest BCUT2D eigenvalue weighted by Gasteiger charge is 2.41. The third kappa shape index (κ3) is 3.11. The number of nitrogens with zero attached hydrogens (tertiary/aromatic N) is 1. The molecule has 0 saturated carbocycles. The summed E-state index contributed by atoms with van der Waals surface area (Å²) in [6.45, 7) is 8.42. The second kappa shape index (κ2) is 7.15. The number of nitrogens with one attached hydrogen (secondary N) is 1. The van der Waals surface area contributed by atoms with Crippen LogP contribution in [0.1, 0.15) is 56.6 Å². The first kappa shape index (κ1) is 19.2. The minimum Gasteiger partial charge on any atom is -0.358 e. The van der Waals surface area contributed by atoms with Crippen molar-refractivity contribution >= 4 is 34.1 Å². The third-order valence-corrected chi connectivity index (χ3v) is 8.01. The maximum absolute atomic E-state index is 12.9. The summed E-state index contributed by atoms with van der Waals surface area (Å²) < 4.78 is 1.37. The van der Waals surface area contributed by atoms with E-state index in [4.69, 9.17) is 0 Å². The number of allylic oxidation sites excluding steroid dienone is 5. The minimum absolute atomic E-state index is 0.0846. The molecule has 5 rings (SSSR count). The Hall–Kier alpha value is -1.82. The van der Waals surface area contributed by atoms with Crippen LogP contribution in [0.2, 0.25) is 0 Å².